The molecule has 2 nitrogen and oxygen atoms in total. The topological polar surface area (TPSA) is 35.2 Å². The molecule has 0 aliphatic heterocycles. The van der Waals surface area contributed by atoms with E-state index in [2.05, 4.69) is 6.08 Å². The van der Waals surface area contributed by atoms with E-state index in [0.29, 0.717) is 0 Å². The highest BCUT2D eigenvalue weighted by Gasteiger charge is 1.97. The van der Waals surface area contributed by atoms with Gasteiger partial charge in [0, 0.05) is 11.8 Å². The number of hydrogen-bond donors (Lipinski definition) is 1. The molecule has 0 aliphatic carbocycles. The standard InChI is InChI=1S/C11H15NO/c1-8(2)6-9-4-5-10(13-3)7-11(9)12/h4-7H,12H2,1-3H3. The number of rotatable bonds is 2. The second-order valence-corrected chi connectivity index (χ2v) is 3.22. The van der Waals surface area contributed by atoms with Crippen molar-refractivity contribution in [3.05, 3.63) is 29.3 Å². The van der Waals surface area contributed by atoms with Crippen molar-refractivity contribution in [2.45, 2.75) is 13.8 Å². The molecule has 0 aromatic heterocycles. The molecule has 13 heavy (non-hydrogen) atoms. The summed E-state index contributed by atoms with van der Waals surface area (Å²) in [6.45, 7) is 4.09. The summed E-state index contributed by atoms with van der Waals surface area (Å²) in [4.78, 5) is 0. The summed E-state index contributed by atoms with van der Waals surface area (Å²) < 4.78 is 5.05. The smallest absolute Gasteiger partial charge is 0.120 e. The molecule has 70 valence electrons. The fraction of sp³-hybridized carbons (Fsp3) is 0.273. The Morgan fingerprint density at radius 1 is 1.38 bits per heavy atom. The molecule has 0 saturated carbocycles. The van der Waals surface area contributed by atoms with Crippen molar-refractivity contribution < 1.29 is 4.74 Å². The predicted octanol–water partition coefficient (Wildman–Crippen LogP) is 2.70. The molecule has 1 aromatic carbocycles. The first-order valence-corrected chi connectivity index (χ1v) is 4.22. The molecule has 0 bridgehead atoms. The molecule has 0 spiro atoms. The van der Waals surface area contributed by atoms with E-state index in [1.807, 2.05) is 32.0 Å². The zero-order chi connectivity index (χ0) is 9.84. The van der Waals surface area contributed by atoms with Crippen LogP contribution >= 0.6 is 0 Å². The van der Waals surface area contributed by atoms with E-state index in [1.54, 1.807) is 7.11 Å². The summed E-state index contributed by atoms with van der Waals surface area (Å²) >= 11 is 0. The summed E-state index contributed by atoms with van der Waals surface area (Å²) in [7, 11) is 1.63. The average molecular weight is 177 g/mol. The number of benzene rings is 1. The zero-order valence-electron chi connectivity index (χ0n) is 8.29. The average Bonchev–Trinajstić information content (AvgIpc) is 2.08. The van der Waals surface area contributed by atoms with Gasteiger partial charge in [0.2, 0.25) is 0 Å². The summed E-state index contributed by atoms with van der Waals surface area (Å²) in [5.41, 5.74) is 8.85. The molecule has 0 unspecified atom stereocenters. The number of methoxy groups -OCH3 is 1. The molecule has 0 fully saturated rings. The van der Waals surface area contributed by atoms with Gasteiger partial charge in [-0.2, -0.15) is 0 Å². The Kier molecular flexibility index (Phi) is 2.96. The van der Waals surface area contributed by atoms with E-state index in [-0.39, 0.29) is 0 Å². The van der Waals surface area contributed by atoms with Gasteiger partial charge in [-0.25, -0.2) is 0 Å². The van der Waals surface area contributed by atoms with Gasteiger partial charge >= 0.3 is 0 Å². The maximum absolute atomic E-state index is 5.82. The normalized spacial score (nSPS) is 9.46. The Hall–Kier alpha value is -1.44. The largest absolute Gasteiger partial charge is 0.497 e. The second-order valence-electron chi connectivity index (χ2n) is 3.22. The minimum Gasteiger partial charge on any atom is -0.497 e. The maximum atomic E-state index is 5.82. The first-order valence-electron chi connectivity index (χ1n) is 4.22. The van der Waals surface area contributed by atoms with Crippen molar-refractivity contribution in [1.29, 1.82) is 0 Å². The van der Waals surface area contributed by atoms with Crippen LogP contribution < -0.4 is 10.5 Å². The van der Waals surface area contributed by atoms with Gasteiger partial charge in [-0.15, -0.1) is 0 Å². The van der Waals surface area contributed by atoms with E-state index < -0.39 is 0 Å². The highest BCUT2D eigenvalue weighted by atomic mass is 16.5. The number of nitrogen functional groups attached to an aromatic ring is 1. The van der Waals surface area contributed by atoms with Gasteiger partial charge in [-0.1, -0.05) is 11.6 Å². The SMILES string of the molecule is COc1ccc(C=C(C)C)c(N)c1. The summed E-state index contributed by atoms with van der Waals surface area (Å²) in [5.74, 6) is 0.795. The third-order valence-corrected chi connectivity index (χ3v) is 1.74. The Morgan fingerprint density at radius 2 is 2.08 bits per heavy atom. The summed E-state index contributed by atoms with van der Waals surface area (Å²) in [6.07, 6.45) is 2.05. The Balaban J connectivity index is 3.05. The van der Waals surface area contributed by atoms with Crippen LogP contribution in [0.25, 0.3) is 6.08 Å². The maximum Gasteiger partial charge on any atom is 0.120 e. The lowest BCUT2D eigenvalue weighted by Gasteiger charge is -2.04. The van der Waals surface area contributed by atoms with Crippen molar-refractivity contribution in [2.24, 2.45) is 0 Å². The lowest BCUT2D eigenvalue weighted by atomic mass is 10.1. The molecule has 0 amide bonds. The first-order chi connectivity index (χ1) is 6.13. The minimum atomic E-state index is 0.751. The molecule has 1 rings (SSSR count). The van der Waals surface area contributed by atoms with Crippen molar-refractivity contribution in [3.8, 4) is 5.75 Å². The van der Waals surface area contributed by atoms with Crippen LogP contribution in [0, 0.1) is 0 Å². The van der Waals surface area contributed by atoms with Crippen LogP contribution in [0.1, 0.15) is 19.4 Å². The van der Waals surface area contributed by atoms with Crippen LogP contribution in [0.3, 0.4) is 0 Å². The van der Waals surface area contributed by atoms with Gasteiger partial charge in [-0.3, -0.25) is 0 Å². The third-order valence-electron chi connectivity index (χ3n) is 1.74. The van der Waals surface area contributed by atoms with Crippen LogP contribution in [0.2, 0.25) is 0 Å². The second kappa shape index (κ2) is 3.99. The van der Waals surface area contributed by atoms with Crippen molar-refractivity contribution in [3.63, 3.8) is 0 Å². The van der Waals surface area contributed by atoms with Crippen molar-refractivity contribution >= 4 is 11.8 Å². The molecule has 2 heteroatoms. The highest BCUT2D eigenvalue weighted by molar-refractivity contribution is 5.67. The van der Waals surface area contributed by atoms with Crippen LogP contribution in [0.4, 0.5) is 5.69 Å². The summed E-state index contributed by atoms with van der Waals surface area (Å²) in [5, 5.41) is 0. The van der Waals surface area contributed by atoms with Crippen LogP contribution in [-0.4, -0.2) is 7.11 Å². The number of anilines is 1. The molecular formula is C11H15NO. The third kappa shape index (κ3) is 2.51. The first kappa shape index (κ1) is 9.65. The minimum absolute atomic E-state index is 0.751. The van der Waals surface area contributed by atoms with E-state index in [9.17, 15) is 0 Å². The van der Waals surface area contributed by atoms with Gasteiger partial charge in [0.25, 0.3) is 0 Å². The molecule has 2 N–H and O–H groups in total. The number of hydrogen-bond acceptors (Lipinski definition) is 2. The van der Waals surface area contributed by atoms with Crippen LogP contribution in [0.5, 0.6) is 5.75 Å². The molecule has 0 saturated heterocycles. The predicted molar refractivity (Wildman–Crippen MR) is 56.7 cm³/mol. The van der Waals surface area contributed by atoms with Gasteiger partial charge in [-0.05, 0) is 31.5 Å². The molecule has 1 aromatic rings. The van der Waals surface area contributed by atoms with E-state index >= 15 is 0 Å². The van der Waals surface area contributed by atoms with Crippen molar-refractivity contribution in [1.82, 2.24) is 0 Å². The van der Waals surface area contributed by atoms with Crippen LogP contribution in [0.15, 0.2) is 23.8 Å². The van der Waals surface area contributed by atoms with Crippen molar-refractivity contribution in [2.75, 3.05) is 12.8 Å². The number of allylic oxidation sites excluding steroid dienone is 1. The lowest BCUT2D eigenvalue weighted by Crippen LogP contribution is -1.91. The fourth-order valence-electron chi connectivity index (χ4n) is 1.12. The van der Waals surface area contributed by atoms with E-state index in [4.69, 9.17) is 10.5 Å². The Morgan fingerprint density at radius 3 is 2.54 bits per heavy atom. The number of ether oxygens (including phenoxy) is 1. The molecule has 0 radical (unpaired) electrons. The summed E-state index contributed by atoms with van der Waals surface area (Å²) in [6, 6.07) is 5.70. The Bertz CT molecular complexity index is 325. The molecule has 0 atom stereocenters. The van der Waals surface area contributed by atoms with E-state index in [0.717, 1.165) is 17.0 Å². The van der Waals surface area contributed by atoms with Gasteiger partial charge in [0.1, 0.15) is 5.75 Å². The molecular weight excluding hydrogens is 162 g/mol. The molecule has 0 heterocycles. The Labute approximate surface area is 79.0 Å². The van der Waals surface area contributed by atoms with E-state index in [1.165, 1.54) is 5.57 Å². The van der Waals surface area contributed by atoms with Crippen LogP contribution in [-0.2, 0) is 0 Å². The quantitative estimate of drug-likeness (QED) is 0.705. The van der Waals surface area contributed by atoms with Gasteiger partial charge < -0.3 is 10.5 Å². The fourth-order valence-corrected chi connectivity index (χ4v) is 1.12. The highest BCUT2D eigenvalue weighted by Crippen LogP contribution is 2.21. The van der Waals surface area contributed by atoms with Gasteiger partial charge in [0.05, 0.1) is 7.11 Å². The zero-order valence-corrected chi connectivity index (χ0v) is 8.29. The monoisotopic (exact) mass is 177 g/mol. The number of nitrogens with two attached hydrogens (primary N) is 1. The van der Waals surface area contributed by atoms with Gasteiger partial charge in [0.15, 0.2) is 0 Å². The lowest BCUT2D eigenvalue weighted by molar-refractivity contribution is 0.415. The molecule has 0 aliphatic rings.